The van der Waals surface area contributed by atoms with Crippen LogP contribution in [0.3, 0.4) is 0 Å². The molecule has 2 fully saturated rings. The number of hydrogen-bond donors (Lipinski definition) is 0. The van der Waals surface area contributed by atoms with Gasteiger partial charge < -0.3 is 9.80 Å². The van der Waals surface area contributed by atoms with Gasteiger partial charge >= 0.3 is 0 Å². The van der Waals surface area contributed by atoms with Crippen LogP contribution in [0.25, 0.3) is 0 Å². The maximum absolute atomic E-state index is 13.3. The minimum atomic E-state index is -0.329. The lowest BCUT2D eigenvalue weighted by molar-refractivity contribution is -0.140. The van der Waals surface area contributed by atoms with E-state index >= 15 is 0 Å². The Morgan fingerprint density at radius 1 is 1.06 bits per heavy atom. The van der Waals surface area contributed by atoms with Crippen LogP contribution in [-0.4, -0.2) is 63.5 Å². The first-order valence-corrected chi connectivity index (χ1v) is 12.3. The van der Waals surface area contributed by atoms with Gasteiger partial charge in [-0.15, -0.1) is 0 Å². The Hall–Kier alpha value is -3.23. The predicted octanol–water partition coefficient (Wildman–Crippen LogP) is 3.18. The lowest BCUT2D eigenvalue weighted by Gasteiger charge is -2.40. The number of aryl methyl sites for hydroxylation is 1. The lowest BCUT2D eigenvalue weighted by atomic mass is 9.91. The molecule has 2 aromatic rings. The van der Waals surface area contributed by atoms with Crippen molar-refractivity contribution in [2.45, 2.75) is 65.0 Å². The number of hydrogen-bond acceptors (Lipinski definition) is 7. The van der Waals surface area contributed by atoms with Gasteiger partial charge in [0.15, 0.2) is 0 Å². The highest BCUT2D eigenvalue weighted by Gasteiger charge is 2.40. The summed E-state index contributed by atoms with van der Waals surface area (Å²) in [4.78, 5) is 45.0. The number of amides is 3. The van der Waals surface area contributed by atoms with E-state index in [9.17, 15) is 14.4 Å². The van der Waals surface area contributed by atoms with Gasteiger partial charge in [-0.05, 0) is 57.6 Å². The Morgan fingerprint density at radius 3 is 2.56 bits per heavy atom. The van der Waals surface area contributed by atoms with Gasteiger partial charge in [-0.1, -0.05) is 23.3 Å². The standard InChI is InChI=1S/C25H31N5O4/c1-3-18-7-4-5-12-29(18)23(31)17-10-13-28(14-11-17)21-9-6-8-19-22(21)25(33)30(24(19)32)15-20-16(2)26-34-27-20/h6,8-9,17-18H,3-5,7,10-15H2,1-2H3/t18-/m1/s1. The highest BCUT2D eigenvalue weighted by molar-refractivity contribution is 6.23. The van der Waals surface area contributed by atoms with E-state index in [2.05, 4.69) is 27.0 Å². The molecule has 3 amide bonds. The molecule has 5 rings (SSSR count). The molecule has 4 heterocycles. The van der Waals surface area contributed by atoms with Crippen molar-refractivity contribution in [1.29, 1.82) is 0 Å². The molecule has 3 aliphatic heterocycles. The van der Waals surface area contributed by atoms with Gasteiger partial charge in [-0.2, -0.15) is 0 Å². The van der Waals surface area contributed by atoms with Gasteiger partial charge in [0.1, 0.15) is 11.4 Å². The monoisotopic (exact) mass is 465 g/mol. The Morgan fingerprint density at radius 2 is 1.85 bits per heavy atom. The average Bonchev–Trinajstić information content (AvgIpc) is 3.39. The Kier molecular flexibility index (Phi) is 6.10. The summed E-state index contributed by atoms with van der Waals surface area (Å²) >= 11 is 0. The predicted molar refractivity (Wildman–Crippen MR) is 124 cm³/mol. The minimum absolute atomic E-state index is 0.0247. The maximum Gasteiger partial charge on any atom is 0.264 e. The van der Waals surface area contributed by atoms with Crippen LogP contribution in [0.5, 0.6) is 0 Å². The number of fused-ring (bicyclic) bond motifs is 1. The third-order valence-electron chi connectivity index (χ3n) is 7.60. The number of likely N-dealkylation sites (tertiary alicyclic amines) is 1. The minimum Gasteiger partial charge on any atom is -0.371 e. The molecule has 2 saturated heterocycles. The molecule has 0 radical (unpaired) electrons. The summed E-state index contributed by atoms with van der Waals surface area (Å²) in [7, 11) is 0. The second-order valence-electron chi connectivity index (χ2n) is 9.54. The van der Waals surface area contributed by atoms with Crippen molar-refractivity contribution in [3.05, 3.63) is 40.7 Å². The third-order valence-corrected chi connectivity index (χ3v) is 7.60. The Bertz CT molecular complexity index is 1100. The van der Waals surface area contributed by atoms with E-state index in [-0.39, 0.29) is 24.3 Å². The third kappa shape index (κ3) is 3.86. The molecule has 1 atom stereocenters. The molecule has 9 nitrogen and oxygen atoms in total. The van der Waals surface area contributed by atoms with Gasteiger partial charge in [0.05, 0.1) is 23.4 Å². The first-order valence-electron chi connectivity index (χ1n) is 12.3. The van der Waals surface area contributed by atoms with Crippen LogP contribution in [-0.2, 0) is 11.3 Å². The highest BCUT2D eigenvalue weighted by atomic mass is 16.6. The maximum atomic E-state index is 13.3. The second-order valence-corrected chi connectivity index (χ2v) is 9.54. The van der Waals surface area contributed by atoms with Crippen LogP contribution < -0.4 is 4.90 Å². The van der Waals surface area contributed by atoms with Gasteiger partial charge in [-0.3, -0.25) is 19.3 Å². The summed E-state index contributed by atoms with van der Waals surface area (Å²) in [5, 5.41) is 7.56. The number of carbonyl (C=O) groups excluding carboxylic acids is 3. The molecule has 0 aliphatic carbocycles. The van der Waals surface area contributed by atoms with Crippen LogP contribution in [0, 0.1) is 12.8 Å². The zero-order valence-corrected chi connectivity index (χ0v) is 19.8. The molecule has 0 spiro atoms. The topological polar surface area (TPSA) is 99.9 Å². The van der Waals surface area contributed by atoms with Gasteiger partial charge in [-0.25, -0.2) is 4.63 Å². The zero-order valence-electron chi connectivity index (χ0n) is 19.8. The average molecular weight is 466 g/mol. The molecular weight excluding hydrogens is 434 g/mol. The first kappa shape index (κ1) is 22.6. The first-order chi connectivity index (χ1) is 16.5. The fraction of sp³-hybridized carbons (Fsp3) is 0.560. The van der Waals surface area contributed by atoms with Crippen LogP contribution >= 0.6 is 0 Å². The van der Waals surface area contributed by atoms with Crippen molar-refractivity contribution in [1.82, 2.24) is 20.1 Å². The van der Waals surface area contributed by atoms with E-state index in [1.165, 1.54) is 11.3 Å². The molecule has 0 N–H and O–H groups in total. The van der Waals surface area contributed by atoms with E-state index in [0.717, 1.165) is 44.3 Å². The fourth-order valence-electron chi connectivity index (χ4n) is 5.58. The molecule has 0 unspecified atom stereocenters. The number of benzene rings is 1. The van der Waals surface area contributed by atoms with E-state index in [0.29, 0.717) is 47.6 Å². The molecule has 9 heteroatoms. The largest absolute Gasteiger partial charge is 0.371 e. The van der Waals surface area contributed by atoms with Crippen molar-refractivity contribution in [2.24, 2.45) is 5.92 Å². The van der Waals surface area contributed by atoms with E-state index < -0.39 is 0 Å². The lowest BCUT2D eigenvalue weighted by Crippen LogP contribution is -2.48. The molecule has 3 aliphatic rings. The normalized spacial score (nSPS) is 21.4. The summed E-state index contributed by atoms with van der Waals surface area (Å²) in [5.41, 5.74) is 2.65. The van der Waals surface area contributed by atoms with E-state index in [1.807, 2.05) is 12.1 Å². The van der Waals surface area contributed by atoms with Gasteiger partial charge in [0, 0.05) is 31.6 Å². The van der Waals surface area contributed by atoms with E-state index in [4.69, 9.17) is 4.63 Å². The van der Waals surface area contributed by atoms with Gasteiger partial charge in [0.25, 0.3) is 11.8 Å². The summed E-state index contributed by atoms with van der Waals surface area (Å²) in [5.74, 6) is -0.338. The Labute approximate surface area is 199 Å². The zero-order chi connectivity index (χ0) is 23.8. The van der Waals surface area contributed by atoms with E-state index in [1.54, 1.807) is 13.0 Å². The number of rotatable bonds is 5. The van der Waals surface area contributed by atoms with Crippen molar-refractivity contribution in [3.8, 4) is 0 Å². The molecule has 34 heavy (non-hydrogen) atoms. The highest BCUT2D eigenvalue weighted by Crippen LogP contribution is 2.35. The van der Waals surface area contributed by atoms with Crippen LogP contribution in [0.1, 0.15) is 77.6 Å². The summed E-state index contributed by atoms with van der Waals surface area (Å²) in [6.07, 6.45) is 5.92. The van der Waals surface area contributed by atoms with Crippen molar-refractivity contribution >= 4 is 23.4 Å². The summed E-state index contributed by atoms with van der Waals surface area (Å²) in [6, 6.07) is 5.79. The molecule has 0 bridgehead atoms. The molecular formula is C25H31N5O4. The van der Waals surface area contributed by atoms with Gasteiger partial charge in [0.2, 0.25) is 5.91 Å². The van der Waals surface area contributed by atoms with Crippen LogP contribution in [0.15, 0.2) is 22.8 Å². The van der Waals surface area contributed by atoms with Crippen molar-refractivity contribution < 1.29 is 19.0 Å². The molecule has 1 aromatic heterocycles. The summed E-state index contributed by atoms with van der Waals surface area (Å²) < 4.78 is 4.72. The van der Waals surface area contributed by atoms with Crippen molar-refractivity contribution in [3.63, 3.8) is 0 Å². The van der Waals surface area contributed by atoms with Crippen LogP contribution in [0.4, 0.5) is 5.69 Å². The fourth-order valence-corrected chi connectivity index (χ4v) is 5.58. The summed E-state index contributed by atoms with van der Waals surface area (Å²) in [6.45, 7) is 6.17. The van der Waals surface area contributed by atoms with Crippen molar-refractivity contribution in [2.75, 3.05) is 24.5 Å². The number of aromatic nitrogens is 2. The SMILES string of the molecule is CC[C@@H]1CCCCN1C(=O)C1CCN(c2cccc3c2C(=O)N(Cc2nonc2C)C3=O)CC1. The number of nitrogens with zero attached hydrogens (tertiary/aromatic N) is 5. The molecule has 1 aromatic carbocycles. The number of piperidine rings is 2. The number of carbonyl (C=O) groups is 3. The molecule has 180 valence electrons. The smallest absolute Gasteiger partial charge is 0.264 e. The second kappa shape index (κ2) is 9.19. The number of imide groups is 1. The molecule has 0 saturated carbocycles. The Balaban J connectivity index is 1.30. The van der Waals surface area contributed by atoms with Crippen LogP contribution in [0.2, 0.25) is 0 Å². The quantitative estimate of drug-likeness (QED) is 0.625. The number of anilines is 1.